The predicted octanol–water partition coefficient (Wildman–Crippen LogP) is 3.02. The van der Waals surface area contributed by atoms with Gasteiger partial charge in [0, 0.05) is 6.54 Å². The van der Waals surface area contributed by atoms with Crippen molar-refractivity contribution in [2.45, 2.75) is 39.7 Å². The summed E-state index contributed by atoms with van der Waals surface area (Å²) >= 11 is 4.22. The number of ether oxygens (including phenoxy) is 1. The number of rotatable bonds is 8. The second-order valence-electron chi connectivity index (χ2n) is 4.19. The molecule has 1 unspecified atom stereocenters. The number of aromatic nitrogens is 2. The third kappa shape index (κ3) is 4.92. The van der Waals surface area contributed by atoms with Crippen LogP contribution in [0.3, 0.4) is 0 Å². The van der Waals surface area contributed by atoms with E-state index in [1.807, 2.05) is 10.9 Å². The van der Waals surface area contributed by atoms with Crippen molar-refractivity contribution < 1.29 is 4.74 Å². The quantitative estimate of drug-likeness (QED) is 0.709. The molecule has 0 radical (unpaired) electrons. The maximum atomic E-state index is 5.64. The molecule has 0 N–H and O–H groups in total. The molecular formula is C12H22N2OS. The average Bonchev–Trinajstić information content (AvgIpc) is 2.67. The van der Waals surface area contributed by atoms with E-state index in [1.54, 1.807) is 6.20 Å². The van der Waals surface area contributed by atoms with Crippen molar-refractivity contribution in [3.05, 3.63) is 12.4 Å². The molecular weight excluding hydrogens is 220 g/mol. The molecule has 1 rings (SSSR count). The highest BCUT2D eigenvalue weighted by atomic mass is 32.1. The minimum Gasteiger partial charge on any atom is -0.490 e. The van der Waals surface area contributed by atoms with E-state index >= 15 is 0 Å². The maximum absolute atomic E-state index is 5.64. The summed E-state index contributed by atoms with van der Waals surface area (Å²) in [5.74, 6) is 2.52. The van der Waals surface area contributed by atoms with Crippen LogP contribution in [0.5, 0.6) is 5.75 Å². The van der Waals surface area contributed by atoms with E-state index in [-0.39, 0.29) is 0 Å². The largest absolute Gasteiger partial charge is 0.490 e. The summed E-state index contributed by atoms with van der Waals surface area (Å²) < 4.78 is 7.56. The Bertz CT molecular complexity index is 288. The molecule has 0 aliphatic carbocycles. The lowest BCUT2D eigenvalue weighted by Crippen LogP contribution is -2.04. The number of hydrogen-bond acceptors (Lipinski definition) is 3. The van der Waals surface area contributed by atoms with E-state index in [0.717, 1.165) is 43.9 Å². The lowest BCUT2D eigenvalue weighted by molar-refractivity contribution is 0.282. The van der Waals surface area contributed by atoms with Gasteiger partial charge in [0.05, 0.1) is 19.0 Å². The summed E-state index contributed by atoms with van der Waals surface area (Å²) in [6.45, 7) is 6.10. The van der Waals surface area contributed by atoms with Crippen molar-refractivity contribution in [1.82, 2.24) is 9.78 Å². The number of nitrogens with zero attached hydrogens (tertiary/aromatic N) is 2. The van der Waals surface area contributed by atoms with Gasteiger partial charge in [-0.3, -0.25) is 4.68 Å². The first-order chi connectivity index (χ1) is 7.76. The Morgan fingerprint density at radius 1 is 1.50 bits per heavy atom. The van der Waals surface area contributed by atoms with Gasteiger partial charge in [-0.15, -0.1) is 0 Å². The second kappa shape index (κ2) is 7.60. The minimum atomic E-state index is 0.684. The van der Waals surface area contributed by atoms with E-state index in [1.165, 1.54) is 0 Å². The van der Waals surface area contributed by atoms with Crippen molar-refractivity contribution in [2.24, 2.45) is 5.92 Å². The Kier molecular flexibility index (Phi) is 6.38. The molecule has 0 bridgehead atoms. The molecule has 0 spiro atoms. The number of hydrogen-bond donors (Lipinski definition) is 1. The first-order valence-corrected chi connectivity index (χ1v) is 6.65. The molecule has 0 fully saturated rings. The summed E-state index contributed by atoms with van der Waals surface area (Å²) in [5.41, 5.74) is 0. The first-order valence-electron chi connectivity index (χ1n) is 6.02. The van der Waals surface area contributed by atoms with Crippen LogP contribution in [0.4, 0.5) is 0 Å². The zero-order chi connectivity index (χ0) is 11.8. The molecule has 0 saturated heterocycles. The highest BCUT2D eigenvalue weighted by Gasteiger charge is 2.02. The minimum absolute atomic E-state index is 0.684. The smallest absolute Gasteiger partial charge is 0.157 e. The summed E-state index contributed by atoms with van der Waals surface area (Å²) in [6, 6.07) is 0. The van der Waals surface area contributed by atoms with Gasteiger partial charge in [-0.05, 0) is 30.9 Å². The normalized spacial score (nSPS) is 12.7. The molecule has 4 heteroatoms. The monoisotopic (exact) mass is 242 g/mol. The van der Waals surface area contributed by atoms with Crippen molar-refractivity contribution >= 4 is 12.6 Å². The average molecular weight is 242 g/mol. The molecule has 16 heavy (non-hydrogen) atoms. The van der Waals surface area contributed by atoms with Crippen LogP contribution in [0.15, 0.2) is 12.4 Å². The van der Waals surface area contributed by atoms with Crippen molar-refractivity contribution in [1.29, 1.82) is 0 Å². The fourth-order valence-electron chi connectivity index (χ4n) is 1.51. The van der Waals surface area contributed by atoms with Gasteiger partial charge in [-0.2, -0.15) is 17.7 Å². The summed E-state index contributed by atoms with van der Waals surface area (Å²) in [4.78, 5) is 0. The van der Waals surface area contributed by atoms with Crippen LogP contribution in [0, 0.1) is 5.92 Å². The summed E-state index contributed by atoms with van der Waals surface area (Å²) in [6.07, 6.45) is 7.09. The molecule has 0 aromatic carbocycles. The van der Waals surface area contributed by atoms with Gasteiger partial charge in [0.15, 0.2) is 5.75 Å². The van der Waals surface area contributed by atoms with E-state index in [0.29, 0.717) is 5.92 Å². The molecule has 1 aromatic heterocycles. The van der Waals surface area contributed by atoms with Crippen LogP contribution in [-0.2, 0) is 6.54 Å². The second-order valence-corrected chi connectivity index (χ2v) is 4.64. The standard InChI is InChI=1S/C12H22N2OS/c1-3-6-14-10-12(9-13-14)15-7-4-11(2)5-8-16/h9-11,16H,3-8H2,1-2H3. The predicted molar refractivity (Wildman–Crippen MR) is 70.3 cm³/mol. The van der Waals surface area contributed by atoms with Gasteiger partial charge >= 0.3 is 0 Å². The lowest BCUT2D eigenvalue weighted by atomic mass is 10.1. The van der Waals surface area contributed by atoms with Gasteiger partial charge in [0.1, 0.15) is 0 Å². The van der Waals surface area contributed by atoms with Crippen LogP contribution < -0.4 is 4.74 Å². The lowest BCUT2D eigenvalue weighted by Gasteiger charge is -2.09. The summed E-state index contributed by atoms with van der Waals surface area (Å²) in [5, 5.41) is 4.22. The van der Waals surface area contributed by atoms with Crippen LogP contribution >= 0.6 is 12.6 Å². The van der Waals surface area contributed by atoms with Gasteiger partial charge in [0.2, 0.25) is 0 Å². The van der Waals surface area contributed by atoms with E-state index in [2.05, 4.69) is 31.6 Å². The fourth-order valence-corrected chi connectivity index (χ4v) is 1.95. The highest BCUT2D eigenvalue weighted by Crippen LogP contribution is 2.12. The van der Waals surface area contributed by atoms with Gasteiger partial charge < -0.3 is 4.74 Å². The first kappa shape index (κ1) is 13.4. The van der Waals surface area contributed by atoms with Crippen LogP contribution in [0.2, 0.25) is 0 Å². The SMILES string of the molecule is CCCn1cc(OCCC(C)CCS)cn1. The van der Waals surface area contributed by atoms with Crippen molar-refractivity contribution in [3.8, 4) is 5.75 Å². The van der Waals surface area contributed by atoms with E-state index < -0.39 is 0 Å². The highest BCUT2D eigenvalue weighted by molar-refractivity contribution is 7.80. The maximum Gasteiger partial charge on any atom is 0.157 e. The molecule has 0 aliphatic rings. The third-order valence-electron chi connectivity index (χ3n) is 2.56. The van der Waals surface area contributed by atoms with Crippen molar-refractivity contribution in [2.75, 3.05) is 12.4 Å². The zero-order valence-corrected chi connectivity index (χ0v) is 11.1. The van der Waals surface area contributed by atoms with Crippen LogP contribution in [0.25, 0.3) is 0 Å². The molecule has 92 valence electrons. The Morgan fingerprint density at radius 2 is 2.31 bits per heavy atom. The molecule has 1 aromatic rings. The Morgan fingerprint density at radius 3 is 3.00 bits per heavy atom. The Hall–Kier alpha value is -0.640. The fraction of sp³-hybridized carbons (Fsp3) is 0.750. The molecule has 1 atom stereocenters. The van der Waals surface area contributed by atoms with Crippen LogP contribution in [-0.4, -0.2) is 22.1 Å². The molecule has 0 saturated carbocycles. The summed E-state index contributed by atoms with van der Waals surface area (Å²) in [7, 11) is 0. The molecule has 3 nitrogen and oxygen atoms in total. The van der Waals surface area contributed by atoms with Crippen LogP contribution in [0.1, 0.15) is 33.1 Å². The Balaban J connectivity index is 2.21. The number of aryl methyl sites for hydroxylation is 1. The Labute approximate surface area is 104 Å². The van der Waals surface area contributed by atoms with Crippen molar-refractivity contribution in [3.63, 3.8) is 0 Å². The van der Waals surface area contributed by atoms with E-state index in [9.17, 15) is 0 Å². The topological polar surface area (TPSA) is 27.1 Å². The zero-order valence-electron chi connectivity index (χ0n) is 10.2. The van der Waals surface area contributed by atoms with Gasteiger partial charge in [0.25, 0.3) is 0 Å². The van der Waals surface area contributed by atoms with Gasteiger partial charge in [-0.1, -0.05) is 13.8 Å². The third-order valence-corrected chi connectivity index (χ3v) is 2.82. The number of thiol groups is 1. The van der Waals surface area contributed by atoms with Gasteiger partial charge in [-0.25, -0.2) is 0 Å². The molecule has 0 amide bonds. The molecule has 0 aliphatic heterocycles. The van der Waals surface area contributed by atoms with E-state index in [4.69, 9.17) is 4.74 Å². The molecule has 1 heterocycles.